The van der Waals surface area contributed by atoms with Crippen LogP contribution in [0.3, 0.4) is 0 Å². The Morgan fingerprint density at radius 2 is 1.86 bits per heavy atom. The summed E-state index contributed by atoms with van der Waals surface area (Å²) in [5.74, 6) is 1.67. The van der Waals surface area contributed by atoms with Crippen molar-refractivity contribution in [2.75, 3.05) is 12.1 Å². The summed E-state index contributed by atoms with van der Waals surface area (Å²) < 4.78 is 10.8. The van der Waals surface area contributed by atoms with Gasteiger partial charge in [-0.2, -0.15) is 0 Å². The summed E-state index contributed by atoms with van der Waals surface area (Å²) in [6.45, 7) is 0.324. The zero-order valence-corrected chi connectivity index (χ0v) is 12.0. The molecule has 0 saturated carbocycles. The number of hydrogen-bond acceptors (Lipinski definition) is 3. The van der Waals surface area contributed by atoms with Crippen LogP contribution in [0.1, 0.15) is 36.4 Å². The number of nitrogens with one attached hydrogen (secondary N) is 1. The van der Waals surface area contributed by atoms with E-state index in [2.05, 4.69) is 35.6 Å². The highest BCUT2D eigenvalue weighted by molar-refractivity contribution is 5.56. The largest absolute Gasteiger partial charge is 0.454 e. The summed E-state index contributed by atoms with van der Waals surface area (Å²) in [6, 6.07) is 15.3. The maximum atomic E-state index is 5.46. The maximum Gasteiger partial charge on any atom is 0.231 e. The number of ether oxygens (including phenoxy) is 2. The molecule has 1 aliphatic carbocycles. The first-order valence-electron chi connectivity index (χ1n) is 7.64. The van der Waals surface area contributed by atoms with Crippen LogP contribution in [0, 0.1) is 0 Å². The van der Waals surface area contributed by atoms with Crippen molar-refractivity contribution in [2.24, 2.45) is 0 Å². The average molecular weight is 281 g/mol. The van der Waals surface area contributed by atoms with Crippen molar-refractivity contribution in [1.82, 2.24) is 0 Å². The minimum Gasteiger partial charge on any atom is -0.454 e. The first kappa shape index (κ1) is 12.6. The van der Waals surface area contributed by atoms with E-state index in [-0.39, 0.29) is 0 Å². The fraction of sp³-hybridized carbons (Fsp3) is 0.333. The van der Waals surface area contributed by atoms with E-state index < -0.39 is 0 Å². The molecule has 0 saturated heterocycles. The van der Waals surface area contributed by atoms with Crippen LogP contribution in [-0.4, -0.2) is 6.79 Å². The summed E-state index contributed by atoms with van der Waals surface area (Å²) in [6.07, 6.45) is 4.90. The van der Waals surface area contributed by atoms with Crippen LogP contribution < -0.4 is 14.8 Å². The predicted octanol–water partition coefficient (Wildman–Crippen LogP) is 4.29. The minimum absolute atomic E-state index is 0.324. The lowest BCUT2D eigenvalue weighted by molar-refractivity contribution is 0.174. The molecule has 0 radical (unpaired) electrons. The van der Waals surface area contributed by atoms with Crippen molar-refractivity contribution in [3.8, 4) is 11.5 Å². The molecule has 2 aliphatic rings. The molecule has 21 heavy (non-hydrogen) atoms. The van der Waals surface area contributed by atoms with Crippen LogP contribution in [0.25, 0.3) is 0 Å². The standard InChI is InChI=1S/C18H19NO2/c1-3-7-15-13(5-1)6-2-4-8-16(15)19-14-9-10-17-18(11-14)21-12-20-17/h1,3,5,7,9-11,16,19H,2,4,6,8,12H2. The molecule has 2 aromatic carbocycles. The Labute approximate surface area is 124 Å². The molecule has 0 amide bonds. The Hall–Kier alpha value is -2.16. The van der Waals surface area contributed by atoms with Crippen LogP contribution in [-0.2, 0) is 6.42 Å². The van der Waals surface area contributed by atoms with Crippen LogP contribution in [0.4, 0.5) is 5.69 Å². The molecule has 0 aromatic heterocycles. The van der Waals surface area contributed by atoms with Crippen molar-refractivity contribution in [1.29, 1.82) is 0 Å². The van der Waals surface area contributed by atoms with Gasteiger partial charge in [0.15, 0.2) is 11.5 Å². The zero-order chi connectivity index (χ0) is 14.1. The molecule has 1 atom stereocenters. The number of aryl methyl sites for hydroxylation is 1. The molecule has 3 nitrogen and oxygen atoms in total. The molecule has 108 valence electrons. The van der Waals surface area contributed by atoms with Gasteiger partial charge in [0.2, 0.25) is 6.79 Å². The Kier molecular flexibility index (Phi) is 3.18. The molecule has 3 heteroatoms. The topological polar surface area (TPSA) is 30.5 Å². The van der Waals surface area contributed by atoms with Gasteiger partial charge in [0.25, 0.3) is 0 Å². The second-order valence-corrected chi connectivity index (χ2v) is 5.71. The normalized spacial score (nSPS) is 19.7. The smallest absolute Gasteiger partial charge is 0.231 e. The highest BCUT2D eigenvalue weighted by Crippen LogP contribution is 2.37. The van der Waals surface area contributed by atoms with E-state index in [1.807, 2.05) is 12.1 Å². The van der Waals surface area contributed by atoms with Gasteiger partial charge in [-0.1, -0.05) is 30.7 Å². The zero-order valence-electron chi connectivity index (χ0n) is 12.0. The lowest BCUT2D eigenvalue weighted by atomic mass is 9.99. The Morgan fingerprint density at radius 1 is 0.952 bits per heavy atom. The fourth-order valence-corrected chi connectivity index (χ4v) is 3.26. The quantitative estimate of drug-likeness (QED) is 0.833. The third kappa shape index (κ3) is 2.44. The summed E-state index contributed by atoms with van der Waals surface area (Å²) in [5.41, 5.74) is 4.02. The van der Waals surface area contributed by atoms with Crippen molar-refractivity contribution in [3.63, 3.8) is 0 Å². The van der Waals surface area contributed by atoms with Crippen LogP contribution in [0.5, 0.6) is 11.5 Å². The lowest BCUT2D eigenvalue weighted by Gasteiger charge is -2.20. The van der Waals surface area contributed by atoms with Crippen LogP contribution in [0.15, 0.2) is 42.5 Å². The molecular weight excluding hydrogens is 262 g/mol. The minimum atomic E-state index is 0.324. The number of hydrogen-bond donors (Lipinski definition) is 1. The van der Waals surface area contributed by atoms with Gasteiger partial charge in [0.05, 0.1) is 6.04 Å². The van der Waals surface area contributed by atoms with Crippen molar-refractivity contribution < 1.29 is 9.47 Å². The van der Waals surface area contributed by atoms with Crippen LogP contribution >= 0.6 is 0 Å². The number of rotatable bonds is 2. The molecule has 2 aromatic rings. The second kappa shape index (κ2) is 5.32. The Bertz CT molecular complexity index is 653. The summed E-state index contributed by atoms with van der Waals surface area (Å²) in [7, 11) is 0. The molecular formula is C18H19NO2. The Morgan fingerprint density at radius 3 is 2.86 bits per heavy atom. The van der Waals surface area contributed by atoms with E-state index in [4.69, 9.17) is 9.47 Å². The van der Waals surface area contributed by atoms with E-state index in [1.165, 1.54) is 36.8 Å². The SMILES string of the molecule is c1ccc2c(c1)CCCCC2Nc1ccc2c(c1)OCO2. The molecule has 0 bridgehead atoms. The van der Waals surface area contributed by atoms with E-state index in [9.17, 15) is 0 Å². The number of fused-ring (bicyclic) bond motifs is 2. The lowest BCUT2D eigenvalue weighted by Crippen LogP contribution is -2.11. The third-order valence-electron chi connectivity index (χ3n) is 4.33. The van der Waals surface area contributed by atoms with Gasteiger partial charge in [-0.15, -0.1) is 0 Å². The van der Waals surface area contributed by atoms with Crippen molar-refractivity contribution in [2.45, 2.75) is 31.7 Å². The van der Waals surface area contributed by atoms with Gasteiger partial charge >= 0.3 is 0 Å². The molecule has 1 aliphatic heterocycles. The molecule has 1 heterocycles. The molecule has 4 rings (SSSR count). The van der Waals surface area contributed by atoms with Gasteiger partial charge in [-0.3, -0.25) is 0 Å². The average Bonchev–Trinajstić information content (AvgIpc) is 2.89. The van der Waals surface area contributed by atoms with E-state index >= 15 is 0 Å². The fourth-order valence-electron chi connectivity index (χ4n) is 3.26. The van der Waals surface area contributed by atoms with Gasteiger partial charge < -0.3 is 14.8 Å². The first-order valence-corrected chi connectivity index (χ1v) is 7.64. The predicted molar refractivity (Wildman–Crippen MR) is 82.9 cm³/mol. The van der Waals surface area contributed by atoms with Gasteiger partial charge in [0, 0.05) is 11.8 Å². The summed E-state index contributed by atoms with van der Waals surface area (Å²) >= 11 is 0. The number of benzene rings is 2. The van der Waals surface area contributed by atoms with Gasteiger partial charge in [0.1, 0.15) is 0 Å². The van der Waals surface area contributed by atoms with E-state index in [0.29, 0.717) is 12.8 Å². The maximum absolute atomic E-state index is 5.46. The highest BCUT2D eigenvalue weighted by Gasteiger charge is 2.19. The molecule has 1 N–H and O–H groups in total. The molecule has 0 fully saturated rings. The van der Waals surface area contributed by atoms with Crippen molar-refractivity contribution in [3.05, 3.63) is 53.6 Å². The third-order valence-corrected chi connectivity index (χ3v) is 4.33. The molecule has 0 spiro atoms. The monoisotopic (exact) mass is 281 g/mol. The highest BCUT2D eigenvalue weighted by atomic mass is 16.7. The van der Waals surface area contributed by atoms with E-state index in [0.717, 1.165) is 17.2 Å². The van der Waals surface area contributed by atoms with Gasteiger partial charge in [-0.05, 0) is 42.5 Å². The summed E-state index contributed by atoms with van der Waals surface area (Å²) in [4.78, 5) is 0. The molecule has 1 unspecified atom stereocenters. The van der Waals surface area contributed by atoms with Crippen molar-refractivity contribution >= 4 is 5.69 Å². The number of anilines is 1. The van der Waals surface area contributed by atoms with E-state index in [1.54, 1.807) is 0 Å². The first-order chi connectivity index (χ1) is 10.4. The van der Waals surface area contributed by atoms with Crippen LogP contribution in [0.2, 0.25) is 0 Å². The Balaban J connectivity index is 1.62. The summed E-state index contributed by atoms with van der Waals surface area (Å²) in [5, 5.41) is 3.67. The van der Waals surface area contributed by atoms with Gasteiger partial charge in [-0.25, -0.2) is 0 Å². The second-order valence-electron chi connectivity index (χ2n) is 5.71.